The maximum atomic E-state index is 14.2. The second-order valence-corrected chi connectivity index (χ2v) is 8.06. The lowest BCUT2D eigenvalue weighted by atomic mass is 9.77. The van der Waals surface area contributed by atoms with Gasteiger partial charge in [-0.15, -0.1) is 0 Å². The Morgan fingerprint density at radius 3 is 3.03 bits per heavy atom. The quantitative estimate of drug-likeness (QED) is 0.722. The lowest BCUT2D eigenvalue weighted by molar-refractivity contribution is 0.203. The molecular weight excluding hydrogens is 369 g/mol. The van der Waals surface area contributed by atoms with Crippen LogP contribution in [-0.2, 0) is 12.0 Å². The Kier molecular flexibility index (Phi) is 4.26. The van der Waals surface area contributed by atoms with Crippen molar-refractivity contribution in [3.8, 4) is 11.3 Å². The molecule has 1 fully saturated rings. The molecule has 1 aromatic carbocycles. The van der Waals surface area contributed by atoms with Crippen LogP contribution in [0.3, 0.4) is 0 Å². The summed E-state index contributed by atoms with van der Waals surface area (Å²) in [5.74, 6) is -0.273. The standard InChI is InChI=1S/C22H24FN5O/c1-2-24-21(29)27-10-8-22(14-27)7-4-9-28-20(22)12-19(26-28)15-11-16-17(23)5-3-6-18(16)25-13-15/h3,5-6,11-13H,2,4,7-10,14H2,1H3,(H,24,29). The number of aryl methyl sites for hydroxylation is 1. The molecular formula is C22H24FN5O. The summed E-state index contributed by atoms with van der Waals surface area (Å²) in [6, 6.07) is 8.89. The Morgan fingerprint density at radius 2 is 2.17 bits per heavy atom. The van der Waals surface area contributed by atoms with Crippen LogP contribution in [0, 0.1) is 5.82 Å². The molecule has 0 radical (unpaired) electrons. The van der Waals surface area contributed by atoms with Gasteiger partial charge >= 0.3 is 6.03 Å². The van der Waals surface area contributed by atoms with E-state index in [1.807, 2.05) is 24.0 Å². The number of carbonyl (C=O) groups is 1. The van der Waals surface area contributed by atoms with Crippen LogP contribution in [0.15, 0.2) is 36.5 Å². The summed E-state index contributed by atoms with van der Waals surface area (Å²) in [6.07, 6.45) is 4.80. The smallest absolute Gasteiger partial charge is 0.317 e. The highest BCUT2D eigenvalue weighted by Crippen LogP contribution is 2.43. The molecule has 1 saturated heterocycles. The van der Waals surface area contributed by atoms with Gasteiger partial charge in [-0.25, -0.2) is 9.18 Å². The van der Waals surface area contributed by atoms with E-state index in [0.29, 0.717) is 24.0 Å². The van der Waals surface area contributed by atoms with E-state index in [2.05, 4.69) is 21.0 Å². The molecule has 1 spiro atoms. The van der Waals surface area contributed by atoms with Gasteiger partial charge in [0.2, 0.25) is 0 Å². The molecule has 0 aliphatic carbocycles. The third-order valence-corrected chi connectivity index (χ3v) is 6.29. The Hall–Kier alpha value is -2.96. The molecule has 0 saturated carbocycles. The van der Waals surface area contributed by atoms with E-state index in [0.717, 1.165) is 43.6 Å². The normalized spacial score (nSPS) is 21.0. The number of hydrogen-bond donors (Lipinski definition) is 1. The number of carbonyl (C=O) groups excluding carboxylic acids is 1. The van der Waals surface area contributed by atoms with Gasteiger partial charge in [-0.2, -0.15) is 5.10 Å². The topological polar surface area (TPSA) is 63.1 Å². The van der Waals surface area contributed by atoms with E-state index < -0.39 is 0 Å². The van der Waals surface area contributed by atoms with Gasteiger partial charge < -0.3 is 10.2 Å². The molecule has 2 aromatic heterocycles. The second-order valence-electron chi connectivity index (χ2n) is 8.06. The first-order valence-corrected chi connectivity index (χ1v) is 10.3. The Bertz CT molecular complexity index is 1090. The number of rotatable bonds is 2. The average Bonchev–Trinajstić information content (AvgIpc) is 3.35. The highest BCUT2D eigenvalue weighted by atomic mass is 19.1. The fourth-order valence-electron chi connectivity index (χ4n) is 4.83. The number of nitrogens with zero attached hydrogens (tertiary/aromatic N) is 4. The first kappa shape index (κ1) is 18.1. The Morgan fingerprint density at radius 1 is 1.28 bits per heavy atom. The largest absolute Gasteiger partial charge is 0.338 e. The number of urea groups is 1. The van der Waals surface area contributed by atoms with Crippen LogP contribution in [0.5, 0.6) is 0 Å². The first-order chi connectivity index (χ1) is 14.1. The molecule has 2 aliphatic rings. The monoisotopic (exact) mass is 393 g/mol. The molecule has 1 N–H and O–H groups in total. The molecule has 0 bridgehead atoms. The minimum atomic E-state index is -0.273. The summed E-state index contributed by atoms with van der Waals surface area (Å²) in [5.41, 5.74) is 3.40. The molecule has 5 rings (SSSR count). The molecule has 29 heavy (non-hydrogen) atoms. The van der Waals surface area contributed by atoms with E-state index in [1.165, 1.54) is 11.8 Å². The Balaban J connectivity index is 1.51. The summed E-state index contributed by atoms with van der Waals surface area (Å²) < 4.78 is 16.3. The van der Waals surface area contributed by atoms with Crippen molar-refractivity contribution in [1.29, 1.82) is 0 Å². The number of fused-ring (bicyclic) bond motifs is 3. The van der Waals surface area contributed by atoms with Crippen LogP contribution >= 0.6 is 0 Å². The van der Waals surface area contributed by atoms with E-state index in [4.69, 9.17) is 5.10 Å². The fraction of sp³-hybridized carbons (Fsp3) is 0.409. The highest BCUT2D eigenvalue weighted by Gasteiger charge is 2.45. The number of likely N-dealkylation sites (tertiary alicyclic amines) is 1. The summed E-state index contributed by atoms with van der Waals surface area (Å²) in [4.78, 5) is 18.6. The van der Waals surface area contributed by atoms with Crippen LogP contribution in [-0.4, -0.2) is 45.3 Å². The minimum Gasteiger partial charge on any atom is -0.338 e. The third kappa shape index (κ3) is 2.96. The van der Waals surface area contributed by atoms with Crippen LogP contribution < -0.4 is 5.32 Å². The molecule has 6 nitrogen and oxygen atoms in total. The minimum absolute atomic E-state index is 0.00967. The lowest BCUT2D eigenvalue weighted by Crippen LogP contribution is -2.42. The van der Waals surface area contributed by atoms with Crippen LogP contribution in [0.2, 0.25) is 0 Å². The van der Waals surface area contributed by atoms with Crippen LogP contribution in [0.4, 0.5) is 9.18 Å². The molecule has 7 heteroatoms. The van der Waals surface area contributed by atoms with Gasteiger partial charge in [0.25, 0.3) is 0 Å². The number of halogens is 1. The maximum Gasteiger partial charge on any atom is 0.317 e. The zero-order chi connectivity index (χ0) is 20.0. The van der Waals surface area contributed by atoms with Gasteiger partial charge in [0.1, 0.15) is 5.82 Å². The number of benzene rings is 1. The maximum absolute atomic E-state index is 14.2. The number of pyridine rings is 1. The van der Waals surface area contributed by atoms with Crippen LogP contribution in [0.25, 0.3) is 22.2 Å². The van der Waals surface area contributed by atoms with Gasteiger partial charge in [0, 0.05) is 54.4 Å². The van der Waals surface area contributed by atoms with E-state index in [1.54, 1.807) is 12.3 Å². The number of amides is 2. The predicted molar refractivity (Wildman–Crippen MR) is 109 cm³/mol. The molecule has 3 aromatic rings. The molecule has 1 unspecified atom stereocenters. The molecule has 2 aliphatic heterocycles. The predicted octanol–water partition coefficient (Wildman–Crippen LogP) is 3.70. The highest BCUT2D eigenvalue weighted by molar-refractivity contribution is 5.83. The van der Waals surface area contributed by atoms with E-state index >= 15 is 0 Å². The number of nitrogens with one attached hydrogen (secondary N) is 1. The third-order valence-electron chi connectivity index (χ3n) is 6.29. The van der Waals surface area contributed by atoms with Crippen molar-refractivity contribution >= 4 is 16.9 Å². The summed E-state index contributed by atoms with van der Waals surface area (Å²) in [7, 11) is 0. The summed E-state index contributed by atoms with van der Waals surface area (Å²) in [6.45, 7) is 4.92. The van der Waals surface area contributed by atoms with Crippen molar-refractivity contribution in [2.45, 2.75) is 38.1 Å². The zero-order valence-electron chi connectivity index (χ0n) is 16.5. The Labute approximate surface area is 168 Å². The molecule has 150 valence electrons. The van der Waals surface area contributed by atoms with Gasteiger partial charge in [0.15, 0.2) is 0 Å². The van der Waals surface area contributed by atoms with Gasteiger partial charge in [-0.1, -0.05) is 6.07 Å². The van der Waals surface area contributed by atoms with Crippen molar-refractivity contribution in [1.82, 2.24) is 25.0 Å². The average molecular weight is 393 g/mol. The second kappa shape index (κ2) is 6.83. The van der Waals surface area contributed by atoms with E-state index in [-0.39, 0.29) is 17.3 Å². The van der Waals surface area contributed by atoms with Crippen molar-refractivity contribution in [3.05, 3.63) is 48.0 Å². The van der Waals surface area contributed by atoms with E-state index in [9.17, 15) is 9.18 Å². The summed E-state index contributed by atoms with van der Waals surface area (Å²) in [5, 5.41) is 8.23. The lowest BCUT2D eigenvalue weighted by Gasteiger charge is -2.34. The molecule has 2 amide bonds. The van der Waals surface area contributed by atoms with Crippen molar-refractivity contribution in [2.75, 3.05) is 19.6 Å². The number of aromatic nitrogens is 3. The molecule has 4 heterocycles. The van der Waals surface area contributed by atoms with Crippen molar-refractivity contribution < 1.29 is 9.18 Å². The molecule has 1 atom stereocenters. The van der Waals surface area contributed by atoms with Gasteiger partial charge in [-0.3, -0.25) is 9.67 Å². The van der Waals surface area contributed by atoms with Gasteiger partial charge in [-0.05, 0) is 50.5 Å². The summed E-state index contributed by atoms with van der Waals surface area (Å²) >= 11 is 0. The van der Waals surface area contributed by atoms with Crippen LogP contribution in [0.1, 0.15) is 31.9 Å². The van der Waals surface area contributed by atoms with Crippen molar-refractivity contribution in [2.24, 2.45) is 0 Å². The first-order valence-electron chi connectivity index (χ1n) is 10.3. The van der Waals surface area contributed by atoms with Crippen molar-refractivity contribution in [3.63, 3.8) is 0 Å². The number of hydrogen-bond acceptors (Lipinski definition) is 3. The fourth-order valence-corrected chi connectivity index (χ4v) is 4.83. The SMILES string of the molecule is CCNC(=O)N1CCC2(CCCn3nc(-c4cnc5cccc(F)c5c4)cc32)C1. The zero-order valence-corrected chi connectivity index (χ0v) is 16.5. The van der Waals surface area contributed by atoms with Gasteiger partial charge in [0.05, 0.1) is 11.2 Å².